The maximum absolute atomic E-state index is 12.5. The molecule has 4 atom stereocenters. The lowest BCUT2D eigenvalue weighted by atomic mass is 9.63. The molecule has 0 spiro atoms. The molecule has 1 heterocycles. The highest BCUT2D eigenvalue weighted by Gasteiger charge is 2.56. The van der Waals surface area contributed by atoms with E-state index in [2.05, 4.69) is 17.3 Å². The van der Waals surface area contributed by atoms with Gasteiger partial charge in [-0.05, 0) is 54.5 Å². The van der Waals surface area contributed by atoms with Crippen molar-refractivity contribution in [3.8, 4) is 5.75 Å². The third-order valence-corrected chi connectivity index (χ3v) is 4.95. The van der Waals surface area contributed by atoms with Gasteiger partial charge in [-0.1, -0.05) is 12.2 Å². The maximum atomic E-state index is 12.5. The number of imide groups is 1. The van der Waals surface area contributed by atoms with Crippen molar-refractivity contribution in [2.24, 2.45) is 28.8 Å². The minimum absolute atomic E-state index is 0.166. The molecule has 1 aromatic rings. The van der Waals surface area contributed by atoms with Crippen LogP contribution in [-0.2, 0) is 9.59 Å². The van der Waals surface area contributed by atoms with Gasteiger partial charge in [-0.3, -0.25) is 9.59 Å². The van der Waals surface area contributed by atoms with Crippen LogP contribution in [0.15, 0.2) is 41.5 Å². The molecule has 5 nitrogen and oxygen atoms in total. The number of fused-ring (bicyclic) bond motifs is 1. The van der Waals surface area contributed by atoms with Crippen molar-refractivity contribution in [3.05, 3.63) is 42.0 Å². The van der Waals surface area contributed by atoms with Gasteiger partial charge in [0.15, 0.2) is 0 Å². The minimum atomic E-state index is -0.229. The predicted octanol–water partition coefficient (Wildman–Crippen LogP) is 1.92. The number of phenolic OH excluding ortho intramolecular Hbond substituents is 1. The smallest absolute Gasteiger partial charge is 0.254 e. The highest BCUT2D eigenvalue weighted by atomic mass is 16.3. The van der Waals surface area contributed by atoms with Crippen LogP contribution in [-0.4, -0.2) is 28.1 Å². The lowest BCUT2D eigenvalue weighted by Gasteiger charge is -2.37. The van der Waals surface area contributed by atoms with Crippen molar-refractivity contribution in [3.63, 3.8) is 0 Å². The highest BCUT2D eigenvalue weighted by molar-refractivity contribution is 6.06. The van der Waals surface area contributed by atoms with Crippen LogP contribution >= 0.6 is 0 Å². The van der Waals surface area contributed by atoms with Crippen molar-refractivity contribution in [2.45, 2.75) is 12.8 Å². The molecule has 2 amide bonds. The quantitative estimate of drug-likeness (QED) is 0.515. The molecule has 22 heavy (non-hydrogen) atoms. The average molecular weight is 296 g/mol. The fourth-order valence-electron chi connectivity index (χ4n) is 3.86. The molecule has 2 bridgehead atoms. The van der Waals surface area contributed by atoms with E-state index in [1.807, 2.05) is 0 Å². The van der Waals surface area contributed by atoms with Crippen molar-refractivity contribution in [1.82, 2.24) is 5.01 Å². The van der Waals surface area contributed by atoms with Crippen LogP contribution in [0.1, 0.15) is 18.4 Å². The third kappa shape index (κ3) is 1.89. The van der Waals surface area contributed by atoms with E-state index in [4.69, 9.17) is 0 Å². The Balaban J connectivity index is 1.60. The number of allylic oxidation sites excluding steroid dienone is 2. The number of aromatic hydroxyl groups is 1. The number of phenols is 1. The Kier molecular flexibility index (Phi) is 2.89. The second-order valence-corrected chi connectivity index (χ2v) is 6.17. The maximum Gasteiger partial charge on any atom is 0.254 e. The molecule has 1 saturated heterocycles. The van der Waals surface area contributed by atoms with Crippen molar-refractivity contribution in [1.29, 1.82) is 0 Å². The van der Waals surface area contributed by atoms with Crippen molar-refractivity contribution < 1.29 is 14.7 Å². The molecule has 112 valence electrons. The fraction of sp³-hybridized carbons (Fsp3) is 0.353. The molecule has 5 rings (SSSR count). The molecule has 0 aromatic heterocycles. The molecule has 3 aliphatic carbocycles. The number of carbonyl (C=O) groups excluding carboxylic acids is 2. The fourth-order valence-corrected chi connectivity index (χ4v) is 3.86. The van der Waals surface area contributed by atoms with E-state index in [1.54, 1.807) is 24.3 Å². The van der Waals surface area contributed by atoms with E-state index >= 15 is 0 Å². The summed E-state index contributed by atoms with van der Waals surface area (Å²) in [5, 5.41) is 14.4. The van der Waals surface area contributed by atoms with Gasteiger partial charge in [0.2, 0.25) is 0 Å². The molecule has 1 N–H and O–H groups in total. The molecule has 1 aliphatic heterocycles. The molecule has 1 aromatic carbocycles. The largest absolute Gasteiger partial charge is 0.508 e. The van der Waals surface area contributed by atoms with E-state index in [0.717, 1.165) is 23.4 Å². The first-order valence-corrected chi connectivity index (χ1v) is 7.54. The second-order valence-electron chi connectivity index (χ2n) is 6.17. The first-order chi connectivity index (χ1) is 10.6. The van der Waals surface area contributed by atoms with Gasteiger partial charge in [-0.25, -0.2) is 0 Å². The topological polar surface area (TPSA) is 70.0 Å². The normalized spacial score (nSPS) is 33.0. The van der Waals surface area contributed by atoms with Gasteiger partial charge < -0.3 is 5.11 Å². The molecule has 4 aliphatic rings. The molecule has 2 fully saturated rings. The molecule has 5 heteroatoms. The number of hydrazone groups is 1. The molecule has 0 unspecified atom stereocenters. The number of nitrogens with zero attached hydrogens (tertiary/aromatic N) is 2. The van der Waals surface area contributed by atoms with Gasteiger partial charge >= 0.3 is 0 Å². The van der Waals surface area contributed by atoms with E-state index < -0.39 is 0 Å². The number of benzene rings is 1. The van der Waals surface area contributed by atoms with E-state index in [9.17, 15) is 14.7 Å². The van der Waals surface area contributed by atoms with E-state index in [-0.39, 0.29) is 41.2 Å². The average Bonchev–Trinajstić information content (AvgIpc) is 2.82. The van der Waals surface area contributed by atoms with Gasteiger partial charge in [0, 0.05) is 0 Å². The second kappa shape index (κ2) is 4.80. The number of rotatable bonds is 2. The SMILES string of the molecule is O=C1[C@@H]2[C@H](C(=O)N1/N=C\c1ccc(O)cc1)[C@H]1C=C[C@H]2CC1. The Labute approximate surface area is 127 Å². The Morgan fingerprint density at radius 2 is 1.55 bits per heavy atom. The first-order valence-electron chi connectivity index (χ1n) is 7.54. The zero-order valence-corrected chi connectivity index (χ0v) is 11.9. The predicted molar refractivity (Wildman–Crippen MR) is 79.9 cm³/mol. The number of amides is 2. The van der Waals surface area contributed by atoms with Gasteiger partial charge in [0.25, 0.3) is 11.8 Å². The Morgan fingerprint density at radius 1 is 1.00 bits per heavy atom. The zero-order chi connectivity index (χ0) is 15.3. The van der Waals surface area contributed by atoms with Gasteiger partial charge in [0.1, 0.15) is 5.75 Å². The highest BCUT2D eigenvalue weighted by Crippen LogP contribution is 2.49. The zero-order valence-electron chi connectivity index (χ0n) is 11.9. The number of hydrogen-bond acceptors (Lipinski definition) is 4. The van der Waals surface area contributed by atoms with Crippen LogP contribution in [0, 0.1) is 23.7 Å². The summed E-state index contributed by atoms with van der Waals surface area (Å²) in [5.41, 5.74) is 0.731. The van der Waals surface area contributed by atoms with E-state index in [0.29, 0.717) is 0 Å². The summed E-state index contributed by atoms with van der Waals surface area (Å²) in [6.45, 7) is 0. The summed E-state index contributed by atoms with van der Waals surface area (Å²) in [4.78, 5) is 25.1. The number of hydrogen-bond donors (Lipinski definition) is 1. The van der Waals surface area contributed by atoms with E-state index in [1.165, 1.54) is 6.21 Å². The van der Waals surface area contributed by atoms with Crippen LogP contribution in [0.3, 0.4) is 0 Å². The molecule has 0 radical (unpaired) electrons. The third-order valence-electron chi connectivity index (χ3n) is 4.95. The summed E-state index contributed by atoms with van der Waals surface area (Å²) in [6.07, 6.45) is 7.64. The number of carbonyl (C=O) groups is 2. The van der Waals surface area contributed by atoms with Crippen LogP contribution in [0.4, 0.5) is 0 Å². The van der Waals surface area contributed by atoms with Crippen LogP contribution in [0.5, 0.6) is 5.75 Å². The summed E-state index contributed by atoms with van der Waals surface area (Å²) < 4.78 is 0. The Hall–Kier alpha value is -2.43. The summed E-state index contributed by atoms with van der Waals surface area (Å²) >= 11 is 0. The van der Waals surface area contributed by atoms with Crippen molar-refractivity contribution in [2.75, 3.05) is 0 Å². The monoisotopic (exact) mass is 296 g/mol. The van der Waals surface area contributed by atoms with Crippen LogP contribution < -0.4 is 0 Å². The van der Waals surface area contributed by atoms with Gasteiger partial charge in [-0.15, -0.1) is 0 Å². The standard InChI is InChI=1S/C17H16N2O3/c20-13-7-1-10(2-8-13)9-18-19-16(21)14-11-3-4-12(6-5-11)15(14)17(19)22/h1-4,7-9,11-12,14-15,20H,5-6H2/b18-9-/t11-,12-,14-,15+/m0/s1. The lowest BCUT2D eigenvalue weighted by Crippen LogP contribution is -2.38. The summed E-state index contributed by atoms with van der Waals surface area (Å²) in [6, 6.07) is 6.45. The molecular formula is C17H16N2O3. The lowest BCUT2D eigenvalue weighted by molar-refractivity contribution is -0.140. The Bertz CT molecular complexity index is 660. The summed E-state index contributed by atoms with van der Waals surface area (Å²) in [7, 11) is 0. The summed E-state index contributed by atoms with van der Waals surface area (Å²) in [5.74, 6) is -0.283. The van der Waals surface area contributed by atoms with Gasteiger partial charge in [-0.2, -0.15) is 10.1 Å². The molecular weight excluding hydrogens is 280 g/mol. The minimum Gasteiger partial charge on any atom is -0.508 e. The van der Waals surface area contributed by atoms with Gasteiger partial charge in [0.05, 0.1) is 18.1 Å². The Morgan fingerprint density at radius 3 is 2.05 bits per heavy atom. The van der Waals surface area contributed by atoms with Crippen molar-refractivity contribution >= 4 is 18.0 Å². The first kappa shape index (κ1) is 13.2. The van der Waals surface area contributed by atoms with Crippen LogP contribution in [0.25, 0.3) is 0 Å². The van der Waals surface area contributed by atoms with Crippen LogP contribution in [0.2, 0.25) is 0 Å². The molecule has 1 saturated carbocycles.